The number of anilines is 1. The maximum atomic E-state index is 8.88. The zero-order valence-corrected chi connectivity index (χ0v) is 15.0. The van der Waals surface area contributed by atoms with Crippen LogP contribution in [-0.2, 0) is 6.54 Å². The van der Waals surface area contributed by atoms with E-state index in [2.05, 4.69) is 34.0 Å². The molecule has 1 aliphatic rings. The predicted molar refractivity (Wildman–Crippen MR) is 92.9 cm³/mol. The van der Waals surface area contributed by atoms with Gasteiger partial charge in [-0.15, -0.1) is 10.2 Å². The van der Waals surface area contributed by atoms with E-state index in [0.717, 1.165) is 48.2 Å². The maximum absolute atomic E-state index is 8.88. The van der Waals surface area contributed by atoms with Crippen molar-refractivity contribution in [3.05, 3.63) is 34.2 Å². The van der Waals surface area contributed by atoms with E-state index in [4.69, 9.17) is 16.9 Å². The summed E-state index contributed by atoms with van der Waals surface area (Å²) in [4.78, 5) is 2.21. The molecule has 1 fully saturated rings. The fourth-order valence-electron chi connectivity index (χ4n) is 3.29. The minimum Gasteiger partial charge on any atom is -0.348 e. The third-order valence-corrected chi connectivity index (χ3v) is 4.69. The topological polar surface area (TPSA) is 70.6 Å². The average molecular weight is 345 g/mol. The van der Waals surface area contributed by atoms with E-state index < -0.39 is 0 Å². The number of hydrogen-bond acceptors (Lipinski definition) is 5. The molecule has 3 heterocycles. The molecule has 2 aromatic rings. The fraction of sp³-hybridized carbons (Fsp3) is 0.529. The van der Waals surface area contributed by atoms with Crippen molar-refractivity contribution in [2.75, 3.05) is 11.4 Å². The normalized spacial score (nSPS) is 17.5. The zero-order chi connectivity index (χ0) is 17.3. The molecule has 3 rings (SSSR count). The number of nitriles is 1. The standard InChI is InChI=1S/C17H21ClN6/c1-11(2)10-24-17(18)16(12(3)22-24)14-5-4-8-23(14)15-7-6-13(9-19)20-21-15/h6-7,11,14H,4-5,8,10H2,1-3H3. The van der Waals surface area contributed by atoms with Gasteiger partial charge in [0.2, 0.25) is 0 Å². The van der Waals surface area contributed by atoms with Gasteiger partial charge in [-0.1, -0.05) is 25.4 Å². The molecule has 1 saturated heterocycles. The minimum atomic E-state index is 0.153. The summed E-state index contributed by atoms with van der Waals surface area (Å²) >= 11 is 6.65. The van der Waals surface area contributed by atoms with Crippen molar-refractivity contribution in [1.82, 2.24) is 20.0 Å². The van der Waals surface area contributed by atoms with Crippen LogP contribution in [0.25, 0.3) is 0 Å². The lowest BCUT2D eigenvalue weighted by Crippen LogP contribution is -2.24. The van der Waals surface area contributed by atoms with E-state index in [1.807, 2.05) is 23.7 Å². The molecule has 0 aliphatic carbocycles. The van der Waals surface area contributed by atoms with E-state index >= 15 is 0 Å². The van der Waals surface area contributed by atoms with E-state index in [1.54, 1.807) is 6.07 Å². The summed E-state index contributed by atoms with van der Waals surface area (Å²) in [5, 5.41) is 22.4. The highest BCUT2D eigenvalue weighted by atomic mass is 35.5. The second-order valence-electron chi connectivity index (χ2n) is 6.61. The predicted octanol–water partition coefficient (Wildman–Crippen LogP) is 3.50. The number of halogens is 1. The lowest BCUT2D eigenvalue weighted by molar-refractivity contribution is 0.481. The molecule has 24 heavy (non-hydrogen) atoms. The Morgan fingerprint density at radius 2 is 2.17 bits per heavy atom. The van der Waals surface area contributed by atoms with E-state index in [0.29, 0.717) is 11.6 Å². The van der Waals surface area contributed by atoms with Crippen molar-refractivity contribution in [2.45, 2.75) is 46.2 Å². The summed E-state index contributed by atoms with van der Waals surface area (Å²) in [6.45, 7) is 8.03. The van der Waals surface area contributed by atoms with Crippen LogP contribution >= 0.6 is 11.6 Å². The molecule has 6 nitrogen and oxygen atoms in total. The molecule has 0 N–H and O–H groups in total. The van der Waals surface area contributed by atoms with Crippen LogP contribution in [0, 0.1) is 24.2 Å². The van der Waals surface area contributed by atoms with Gasteiger partial charge in [0.1, 0.15) is 11.2 Å². The molecule has 1 unspecified atom stereocenters. The smallest absolute Gasteiger partial charge is 0.163 e. The van der Waals surface area contributed by atoms with Crippen molar-refractivity contribution >= 4 is 17.4 Å². The quantitative estimate of drug-likeness (QED) is 0.848. The Morgan fingerprint density at radius 1 is 1.38 bits per heavy atom. The van der Waals surface area contributed by atoms with Gasteiger partial charge in [0.15, 0.2) is 11.5 Å². The second-order valence-corrected chi connectivity index (χ2v) is 6.96. The lowest BCUT2D eigenvalue weighted by Gasteiger charge is -2.25. The fourth-order valence-corrected chi connectivity index (χ4v) is 3.66. The van der Waals surface area contributed by atoms with Crippen LogP contribution in [0.15, 0.2) is 12.1 Å². The Morgan fingerprint density at radius 3 is 2.79 bits per heavy atom. The number of rotatable bonds is 4. The maximum Gasteiger partial charge on any atom is 0.163 e. The summed E-state index contributed by atoms with van der Waals surface area (Å²) in [5.41, 5.74) is 2.38. The summed E-state index contributed by atoms with van der Waals surface area (Å²) < 4.78 is 1.90. The number of aryl methyl sites for hydroxylation is 1. The van der Waals surface area contributed by atoms with Gasteiger partial charge in [-0.05, 0) is 37.8 Å². The van der Waals surface area contributed by atoms with Crippen molar-refractivity contribution in [3.8, 4) is 6.07 Å². The highest BCUT2D eigenvalue weighted by molar-refractivity contribution is 6.30. The van der Waals surface area contributed by atoms with Crippen LogP contribution in [0.1, 0.15) is 49.7 Å². The van der Waals surface area contributed by atoms with Gasteiger partial charge in [0, 0.05) is 18.7 Å². The molecule has 1 atom stereocenters. The van der Waals surface area contributed by atoms with E-state index in [1.165, 1.54) is 0 Å². The van der Waals surface area contributed by atoms with E-state index in [-0.39, 0.29) is 6.04 Å². The first-order chi connectivity index (χ1) is 11.5. The molecule has 0 radical (unpaired) electrons. The molecule has 0 amide bonds. The minimum absolute atomic E-state index is 0.153. The van der Waals surface area contributed by atoms with E-state index in [9.17, 15) is 0 Å². The molecular weight excluding hydrogens is 324 g/mol. The first-order valence-electron chi connectivity index (χ1n) is 8.24. The molecule has 0 saturated carbocycles. The van der Waals surface area contributed by atoms with Crippen molar-refractivity contribution in [2.24, 2.45) is 5.92 Å². The van der Waals surface area contributed by atoms with Crippen LogP contribution in [-0.4, -0.2) is 26.5 Å². The molecule has 0 aromatic carbocycles. The molecule has 126 valence electrons. The molecule has 0 spiro atoms. The van der Waals surface area contributed by atoms with Gasteiger partial charge in [0.25, 0.3) is 0 Å². The Balaban J connectivity index is 1.93. The molecule has 2 aromatic heterocycles. The molecule has 1 aliphatic heterocycles. The largest absolute Gasteiger partial charge is 0.348 e. The summed E-state index contributed by atoms with van der Waals surface area (Å²) in [6.07, 6.45) is 2.08. The molecule has 0 bridgehead atoms. The van der Waals surface area contributed by atoms with Gasteiger partial charge < -0.3 is 4.90 Å². The van der Waals surface area contributed by atoms with Crippen molar-refractivity contribution in [3.63, 3.8) is 0 Å². The van der Waals surface area contributed by atoms with Gasteiger partial charge in [0.05, 0.1) is 11.7 Å². The highest BCUT2D eigenvalue weighted by Gasteiger charge is 2.32. The third kappa shape index (κ3) is 3.09. The summed E-state index contributed by atoms with van der Waals surface area (Å²) in [5.74, 6) is 1.27. The zero-order valence-electron chi connectivity index (χ0n) is 14.2. The number of aromatic nitrogens is 4. The highest BCUT2D eigenvalue weighted by Crippen LogP contribution is 2.39. The summed E-state index contributed by atoms with van der Waals surface area (Å²) in [6, 6.07) is 5.71. The monoisotopic (exact) mass is 344 g/mol. The number of hydrogen-bond donors (Lipinski definition) is 0. The van der Waals surface area contributed by atoms with Crippen LogP contribution < -0.4 is 4.90 Å². The Labute approximate surface area is 147 Å². The van der Waals surface area contributed by atoms with Crippen LogP contribution in [0.4, 0.5) is 5.82 Å². The van der Waals surface area contributed by atoms with Crippen LogP contribution in [0.3, 0.4) is 0 Å². The van der Waals surface area contributed by atoms with Gasteiger partial charge in [-0.2, -0.15) is 10.4 Å². The molecular formula is C17H21ClN6. The first kappa shape index (κ1) is 16.7. The number of nitrogens with zero attached hydrogens (tertiary/aromatic N) is 6. The first-order valence-corrected chi connectivity index (χ1v) is 8.62. The SMILES string of the molecule is Cc1nn(CC(C)C)c(Cl)c1C1CCCN1c1ccc(C#N)nn1. The molecule has 7 heteroatoms. The van der Waals surface area contributed by atoms with Crippen molar-refractivity contribution < 1.29 is 0 Å². The van der Waals surface area contributed by atoms with Gasteiger partial charge in [-0.25, -0.2) is 0 Å². The van der Waals surface area contributed by atoms with Gasteiger partial charge in [-0.3, -0.25) is 4.68 Å². The van der Waals surface area contributed by atoms with Gasteiger partial charge >= 0.3 is 0 Å². The Hall–Kier alpha value is -2.13. The average Bonchev–Trinajstić information content (AvgIpc) is 3.12. The Kier molecular flexibility index (Phi) is 4.72. The Bertz CT molecular complexity index is 759. The summed E-state index contributed by atoms with van der Waals surface area (Å²) in [7, 11) is 0. The van der Waals surface area contributed by atoms with Crippen LogP contribution in [0.5, 0.6) is 0 Å². The van der Waals surface area contributed by atoms with Crippen LogP contribution in [0.2, 0.25) is 5.15 Å². The third-order valence-electron chi connectivity index (χ3n) is 4.29. The second kappa shape index (κ2) is 6.78. The van der Waals surface area contributed by atoms with Crippen molar-refractivity contribution in [1.29, 1.82) is 5.26 Å². The lowest BCUT2D eigenvalue weighted by atomic mass is 10.1.